The number of benzene rings is 1. The van der Waals surface area contributed by atoms with Crippen LogP contribution in [0.2, 0.25) is 5.21 Å². The van der Waals surface area contributed by atoms with Gasteiger partial charge in [-0.2, -0.15) is 0 Å². The van der Waals surface area contributed by atoms with Crippen LogP contribution in [-0.2, 0) is 11.2 Å². The SMILES string of the molecule is NC(=O)[C@H](CC[AsH2])Cc1ccccc1. The number of hydrogen-bond donors (Lipinski definition) is 1. The van der Waals surface area contributed by atoms with Crippen molar-refractivity contribution in [1.82, 2.24) is 0 Å². The molecule has 0 saturated heterocycles. The van der Waals surface area contributed by atoms with Crippen LogP contribution in [0.3, 0.4) is 0 Å². The predicted molar refractivity (Wildman–Crippen MR) is 60.8 cm³/mol. The van der Waals surface area contributed by atoms with E-state index >= 15 is 0 Å². The molecule has 1 aromatic rings. The molecule has 1 amide bonds. The molecule has 2 atom stereocenters. The average molecular weight is 253 g/mol. The molecule has 2 nitrogen and oxygen atoms in total. The van der Waals surface area contributed by atoms with Gasteiger partial charge in [0.2, 0.25) is 0 Å². The summed E-state index contributed by atoms with van der Waals surface area (Å²) in [7, 11) is 0. The van der Waals surface area contributed by atoms with Crippen molar-refractivity contribution in [3.05, 3.63) is 35.9 Å². The Morgan fingerprint density at radius 3 is 2.50 bits per heavy atom. The summed E-state index contributed by atoms with van der Waals surface area (Å²) < 4.78 is 0. The van der Waals surface area contributed by atoms with Gasteiger partial charge in [0.15, 0.2) is 0 Å². The van der Waals surface area contributed by atoms with Gasteiger partial charge in [-0.25, -0.2) is 0 Å². The van der Waals surface area contributed by atoms with E-state index in [2.05, 4.69) is 0 Å². The number of carbonyl (C=O) groups is 1. The van der Waals surface area contributed by atoms with Crippen LogP contribution >= 0.6 is 0 Å². The quantitative estimate of drug-likeness (QED) is 0.774. The monoisotopic (exact) mass is 253 g/mol. The van der Waals surface area contributed by atoms with E-state index in [0.717, 1.165) is 18.1 Å². The van der Waals surface area contributed by atoms with Gasteiger partial charge in [0.25, 0.3) is 0 Å². The van der Waals surface area contributed by atoms with Crippen molar-refractivity contribution in [2.45, 2.75) is 18.1 Å². The summed E-state index contributed by atoms with van der Waals surface area (Å²) in [5.74, 6) is -0.171. The van der Waals surface area contributed by atoms with Crippen LogP contribution in [0, 0.1) is 5.92 Å². The zero-order chi connectivity index (χ0) is 10.4. The van der Waals surface area contributed by atoms with Crippen molar-refractivity contribution in [3.63, 3.8) is 0 Å². The van der Waals surface area contributed by atoms with Gasteiger partial charge in [-0.05, 0) is 0 Å². The van der Waals surface area contributed by atoms with E-state index in [1.54, 1.807) is 16.9 Å². The molecule has 0 fully saturated rings. The molecule has 0 bridgehead atoms. The molecule has 1 rings (SSSR count). The van der Waals surface area contributed by atoms with Crippen LogP contribution in [0.5, 0.6) is 0 Å². The Kier molecular flexibility index (Phi) is 4.75. The fraction of sp³-hybridized carbons (Fsp3) is 0.364. The Morgan fingerprint density at radius 1 is 1.36 bits per heavy atom. The average Bonchev–Trinajstić information content (AvgIpc) is 2.18. The summed E-state index contributed by atoms with van der Waals surface area (Å²) in [6.07, 6.45) is 1.68. The molecule has 0 heterocycles. The maximum atomic E-state index is 11.1. The molecule has 2 N–H and O–H groups in total. The molecule has 3 heteroatoms. The molecule has 0 spiro atoms. The molecule has 1 aromatic carbocycles. The van der Waals surface area contributed by atoms with Crippen molar-refractivity contribution in [2.75, 3.05) is 0 Å². The second-order valence-electron chi connectivity index (χ2n) is 3.37. The van der Waals surface area contributed by atoms with Crippen LogP contribution in [0.25, 0.3) is 0 Å². The number of rotatable bonds is 5. The first-order chi connectivity index (χ1) is 6.74. The topological polar surface area (TPSA) is 43.1 Å². The Hall–Kier alpha value is -0.752. The summed E-state index contributed by atoms with van der Waals surface area (Å²) in [6.45, 7) is 0. The molecular weight excluding hydrogens is 237 g/mol. The Morgan fingerprint density at radius 2 is 2.00 bits per heavy atom. The molecule has 0 aliphatic carbocycles. The molecule has 0 radical (unpaired) electrons. The van der Waals surface area contributed by atoms with E-state index in [1.807, 2.05) is 30.3 Å². The van der Waals surface area contributed by atoms with Crippen LogP contribution in [0.1, 0.15) is 12.0 Å². The fourth-order valence-corrected chi connectivity index (χ4v) is 2.29. The van der Waals surface area contributed by atoms with Crippen LogP contribution in [0.15, 0.2) is 30.3 Å². The summed E-state index contributed by atoms with van der Waals surface area (Å²) in [5, 5.41) is 1.06. The number of nitrogens with two attached hydrogens (primary N) is 1. The third kappa shape index (κ3) is 3.55. The number of amides is 1. The van der Waals surface area contributed by atoms with Gasteiger partial charge < -0.3 is 0 Å². The summed E-state index contributed by atoms with van der Waals surface area (Å²) in [6, 6.07) is 10.0. The molecule has 14 heavy (non-hydrogen) atoms. The van der Waals surface area contributed by atoms with E-state index in [4.69, 9.17) is 5.73 Å². The minimum atomic E-state index is -0.175. The standard InChI is InChI=1S/C11H16AsNO/c12-7-6-10(11(13)14)8-9-4-2-1-3-5-9/h1-5,10H,6-8,12H2,(H2,13,14)/t10-/m1/s1. The first-order valence-corrected chi connectivity index (χ1v) is 6.48. The Balaban J connectivity index is 2.60. The first-order valence-electron chi connectivity index (χ1n) is 4.77. The van der Waals surface area contributed by atoms with E-state index in [9.17, 15) is 4.79 Å². The number of hydrogen-bond acceptors (Lipinski definition) is 1. The van der Waals surface area contributed by atoms with Gasteiger partial charge in [-0.3, -0.25) is 0 Å². The molecule has 76 valence electrons. The van der Waals surface area contributed by atoms with Gasteiger partial charge >= 0.3 is 93.2 Å². The molecule has 0 saturated carbocycles. The van der Waals surface area contributed by atoms with E-state index in [0.29, 0.717) is 0 Å². The van der Waals surface area contributed by atoms with E-state index < -0.39 is 0 Å². The zero-order valence-electron chi connectivity index (χ0n) is 8.15. The zero-order valence-corrected chi connectivity index (χ0v) is 10.6. The Labute approximate surface area is 93.4 Å². The van der Waals surface area contributed by atoms with Crippen molar-refractivity contribution in [3.8, 4) is 0 Å². The van der Waals surface area contributed by atoms with Gasteiger partial charge in [-0.15, -0.1) is 0 Å². The van der Waals surface area contributed by atoms with Crippen LogP contribution < -0.4 is 5.73 Å². The first kappa shape index (κ1) is 11.3. The molecule has 0 aliphatic rings. The molecule has 0 aromatic heterocycles. The summed E-state index contributed by atoms with van der Waals surface area (Å²) in [5.41, 5.74) is 6.53. The fourth-order valence-electron chi connectivity index (χ4n) is 1.44. The van der Waals surface area contributed by atoms with Gasteiger partial charge in [0.1, 0.15) is 0 Å². The summed E-state index contributed by atoms with van der Waals surface area (Å²) in [4.78, 5) is 11.1. The van der Waals surface area contributed by atoms with Crippen molar-refractivity contribution < 1.29 is 4.79 Å². The predicted octanol–water partition coefficient (Wildman–Crippen LogP) is 0.772. The van der Waals surface area contributed by atoms with Gasteiger partial charge in [0, 0.05) is 0 Å². The second kappa shape index (κ2) is 5.87. The Bertz CT molecular complexity index is 287. The van der Waals surface area contributed by atoms with Crippen molar-refractivity contribution in [1.29, 1.82) is 0 Å². The van der Waals surface area contributed by atoms with E-state index in [-0.39, 0.29) is 11.8 Å². The van der Waals surface area contributed by atoms with Gasteiger partial charge in [0.05, 0.1) is 0 Å². The molecule has 1 unspecified atom stereocenters. The maximum absolute atomic E-state index is 11.1. The third-order valence-corrected chi connectivity index (χ3v) is 2.94. The molecular formula is C11H16AsNO. The number of carbonyl (C=O) groups excluding carboxylic acids is 1. The minimum absolute atomic E-state index is 0.00396. The summed E-state index contributed by atoms with van der Waals surface area (Å²) >= 11 is 1.65. The normalized spacial score (nSPS) is 12.4. The van der Waals surface area contributed by atoms with Crippen molar-refractivity contribution in [2.24, 2.45) is 11.7 Å². The van der Waals surface area contributed by atoms with Gasteiger partial charge in [-0.1, -0.05) is 0 Å². The number of primary amides is 1. The second-order valence-corrected chi connectivity index (χ2v) is 4.58. The van der Waals surface area contributed by atoms with Crippen molar-refractivity contribution >= 4 is 22.8 Å². The van der Waals surface area contributed by atoms with Crippen LogP contribution in [0.4, 0.5) is 0 Å². The van der Waals surface area contributed by atoms with E-state index in [1.165, 1.54) is 5.56 Å². The van der Waals surface area contributed by atoms with Crippen LogP contribution in [-0.4, -0.2) is 22.8 Å². The third-order valence-electron chi connectivity index (χ3n) is 2.24. The molecule has 0 aliphatic heterocycles.